The topological polar surface area (TPSA) is 51.0 Å². The molecule has 96 valence electrons. The number of hydrogen-bond donors (Lipinski definition) is 0. The Morgan fingerprint density at radius 2 is 2.16 bits per heavy atom. The SMILES string of the molecule is C=Cc1cc(-c2ccnc(SC)n2)nc(Cl)c1N=C. The first kappa shape index (κ1) is 13.7. The molecule has 0 bridgehead atoms. The Balaban J connectivity index is 2.59. The molecular weight excluding hydrogens is 280 g/mol. The molecule has 0 spiro atoms. The summed E-state index contributed by atoms with van der Waals surface area (Å²) in [6.45, 7) is 7.22. The maximum atomic E-state index is 6.10. The van der Waals surface area contributed by atoms with Crippen molar-refractivity contribution in [3.8, 4) is 11.4 Å². The van der Waals surface area contributed by atoms with Crippen LogP contribution >= 0.6 is 23.4 Å². The number of pyridine rings is 1. The fourth-order valence-corrected chi connectivity index (χ4v) is 2.17. The maximum Gasteiger partial charge on any atom is 0.187 e. The minimum absolute atomic E-state index is 0.284. The van der Waals surface area contributed by atoms with Crippen molar-refractivity contribution >= 4 is 41.8 Å². The number of aliphatic imine (C=N–C) groups is 1. The number of hydrogen-bond acceptors (Lipinski definition) is 5. The molecule has 0 radical (unpaired) electrons. The molecule has 0 unspecified atom stereocenters. The Labute approximate surface area is 120 Å². The lowest BCUT2D eigenvalue weighted by atomic mass is 10.1. The summed E-state index contributed by atoms with van der Waals surface area (Å²) in [7, 11) is 0. The zero-order chi connectivity index (χ0) is 13.8. The van der Waals surface area contributed by atoms with E-state index in [9.17, 15) is 0 Å². The van der Waals surface area contributed by atoms with Crippen LogP contribution in [0.25, 0.3) is 17.5 Å². The third kappa shape index (κ3) is 2.83. The minimum Gasteiger partial charge on any atom is -0.261 e. The van der Waals surface area contributed by atoms with Crippen LogP contribution in [0.3, 0.4) is 0 Å². The Hall–Kier alpha value is -1.72. The van der Waals surface area contributed by atoms with Crippen molar-refractivity contribution in [2.45, 2.75) is 5.16 Å². The molecule has 0 aliphatic rings. The summed E-state index contributed by atoms with van der Waals surface area (Å²) >= 11 is 7.56. The van der Waals surface area contributed by atoms with E-state index >= 15 is 0 Å². The first-order valence-corrected chi connectivity index (χ1v) is 6.97. The largest absolute Gasteiger partial charge is 0.261 e. The average Bonchev–Trinajstić information content (AvgIpc) is 2.46. The second kappa shape index (κ2) is 5.95. The number of halogens is 1. The molecule has 0 saturated carbocycles. The van der Waals surface area contributed by atoms with Crippen LogP contribution in [0, 0.1) is 0 Å². The molecule has 0 aromatic carbocycles. The van der Waals surface area contributed by atoms with Gasteiger partial charge in [0.15, 0.2) is 10.3 Å². The Bertz CT molecular complexity index is 643. The predicted octanol–water partition coefficient (Wildman–Crippen LogP) is 3.89. The molecule has 19 heavy (non-hydrogen) atoms. The van der Waals surface area contributed by atoms with Crippen molar-refractivity contribution in [1.29, 1.82) is 0 Å². The van der Waals surface area contributed by atoms with Crippen LogP contribution in [0.1, 0.15) is 5.56 Å². The highest BCUT2D eigenvalue weighted by atomic mass is 35.5. The minimum atomic E-state index is 0.284. The van der Waals surface area contributed by atoms with E-state index in [2.05, 4.69) is 33.2 Å². The molecule has 6 heteroatoms. The molecule has 2 rings (SSSR count). The number of nitrogens with zero attached hydrogens (tertiary/aromatic N) is 4. The fourth-order valence-electron chi connectivity index (χ4n) is 1.55. The number of rotatable bonds is 4. The quantitative estimate of drug-likeness (QED) is 0.371. The van der Waals surface area contributed by atoms with Gasteiger partial charge in [-0.05, 0) is 25.1 Å². The third-order valence-corrected chi connectivity index (χ3v) is 3.26. The van der Waals surface area contributed by atoms with Crippen molar-refractivity contribution in [3.63, 3.8) is 0 Å². The summed E-state index contributed by atoms with van der Waals surface area (Å²) in [4.78, 5) is 16.6. The van der Waals surface area contributed by atoms with Gasteiger partial charge < -0.3 is 0 Å². The van der Waals surface area contributed by atoms with Crippen molar-refractivity contribution < 1.29 is 0 Å². The third-order valence-electron chi connectivity index (χ3n) is 2.44. The summed E-state index contributed by atoms with van der Waals surface area (Å²) in [5, 5.41) is 0.966. The molecule has 2 aromatic rings. The van der Waals surface area contributed by atoms with Gasteiger partial charge >= 0.3 is 0 Å². The Morgan fingerprint density at radius 1 is 1.37 bits per heavy atom. The highest BCUT2D eigenvalue weighted by Gasteiger charge is 2.10. The number of thioether (sulfide) groups is 1. The summed E-state index contributed by atoms with van der Waals surface area (Å²) in [5.41, 5.74) is 2.67. The summed E-state index contributed by atoms with van der Waals surface area (Å²) in [6, 6.07) is 3.61. The van der Waals surface area contributed by atoms with Crippen molar-refractivity contribution in [2.75, 3.05) is 6.26 Å². The van der Waals surface area contributed by atoms with Crippen LogP contribution in [0.15, 0.2) is 35.1 Å². The van der Waals surface area contributed by atoms with Crippen LogP contribution in [-0.4, -0.2) is 27.9 Å². The average molecular weight is 291 g/mol. The smallest absolute Gasteiger partial charge is 0.187 e. The van der Waals surface area contributed by atoms with Gasteiger partial charge in [0.05, 0.1) is 11.4 Å². The van der Waals surface area contributed by atoms with Crippen molar-refractivity contribution in [1.82, 2.24) is 15.0 Å². The molecule has 0 N–H and O–H groups in total. The van der Waals surface area contributed by atoms with E-state index in [1.807, 2.05) is 12.3 Å². The molecule has 4 nitrogen and oxygen atoms in total. The van der Waals surface area contributed by atoms with Gasteiger partial charge in [-0.2, -0.15) is 0 Å². The first-order chi connectivity index (χ1) is 9.19. The van der Waals surface area contributed by atoms with Crippen LogP contribution in [0.4, 0.5) is 5.69 Å². The van der Waals surface area contributed by atoms with E-state index in [1.54, 1.807) is 18.3 Å². The van der Waals surface area contributed by atoms with Gasteiger partial charge in [0.25, 0.3) is 0 Å². The van der Waals surface area contributed by atoms with E-state index < -0.39 is 0 Å². The second-order valence-corrected chi connectivity index (χ2v) is 4.66. The second-order valence-electron chi connectivity index (χ2n) is 3.53. The lowest BCUT2D eigenvalue weighted by Gasteiger charge is -2.07. The van der Waals surface area contributed by atoms with Gasteiger partial charge in [-0.25, -0.2) is 15.0 Å². The van der Waals surface area contributed by atoms with Gasteiger partial charge in [0.2, 0.25) is 0 Å². The summed E-state index contributed by atoms with van der Waals surface area (Å²) in [5.74, 6) is 0. The first-order valence-electron chi connectivity index (χ1n) is 5.36. The zero-order valence-electron chi connectivity index (χ0n) is 10.3. The highest BCUT2D eigenvalue weighted by Crippen LogP contribution is 2.31. The standard InChI is InChI=1S/C13H11ClN4S/c1-4-8-7-10(17-12(14)11(8)15-2)9-5-6-16-13(18-9)19-3/h4-7H,1-2H2,3H3. The van der Waals surface area contributed by atoms with Crippen LogP contribution in [0.5, 0.6) is 0 Å². The fraction of sp³-hybridized carbons (Fsp3) is 0.0769. The van der Waals surface area contributed by atoms with E-state index in [4.69, 9.17) is 11.6 Å². The van der Waals surface area contributed by atoms with Crippen LogP contribution < -0.4 is 0 Å². The highest BCUT2D eigenvalue weighted by molar-refractivity contribution is 7.98. The van der Waals surface area contributed by atoms with Crippen molar-refractivity contribution in [3.05, 3.63) is 35.6 Å². The molecule has 0 saturated heterocycles. The maximum absolute atomic E-state index is 6.10. The van der Waals surface area contributed by atoms with Crippen LogP contribution in [-0.2, 0) is 0 Å². The van der Waals surface area contributed by atoms with E-state index in [0.29, 0.717) is 22.2 Å². The summed E-state index contributed by atoms with van der Waals surface area (Å²) in [6.07, 6.45) is 5.27. The van der Waals surface area contributed by atoms with Gasteiger partial charge in [0, 0.05) is 11.8 Å². The number of aromatic nitrogens is 3. The predicted molar refractivity (Wildman–Crippen MR) is 81.4 cm³/mol. The Morgan fingerprint density at radius 3 is 2.79 bits per heavy atom. The van der Waals surface area contributed by atoms with Gasteiger partial charge in [-0.15, -0.1) is 0 Å². The van der Waals surface area contributed by atoms with E-state index in [1.165, 1.54) is 11.8 Å². The van der Waals surface area contributed by atoms with Crippen molar-refractivity contribution in [2.24, 2.45) is 4.99 Å². The molecular formula is C13H11ClN4S. The van der Waals surface area contributed by atoms with Gasteiger partial charge in [-0.1, -0.05) is 36.0 Å². The Kier molecular flexibility index (Phi) is 4.29. The monoisotopic (exact) mass is 290 g/mol. The lowest BCUT2D eigenvalue weighted by Crippen LogP contribution is -1.93. The molecule has 0 aliphatic heterocycles. The van der Waals surface area contributed by atoms with E-state index in [0.717, 1.165) is 5.56 Å². The molecule has 0 atom stereocenters. The molecule has 0 aliphatic carbocycles. The van der Waals surface area contributed by atoms with Gasteiger partial charge in [-0.3, -0.25) is 4.99 Å². The molecule has 2 aromatic heterocycles. The van der Waals surface area contributed by atoms with E-state index in [-0.39, 0.29) is 5.15 Å². The molecule has 2 heterocycles. The normalized spacial score (nSPS) is 10.2. The lowest BCUT2D eigenvalue weighted by molar-refractivity contribution is 0.971. The molecule has 0 amide bonds. The van der Waals surface area contributed by atoms with Crippen LogP contribution in [0.2, 0.25) is 5.15 Å². The molecule has 0 fully saturated rings. The summed E-state index contributed by atoms with van der Waals surface area (Å²) < 4.78 is 0. The zero-order valence-corrected chi connectivity index (χ0v) is 11.9. The van der Waals surface area contributed by atoms with Gasteiger partial charge in [0.1, 0.15) is 5.69 Å².